The number of aliphatic hydroxyl groups excluding tert-OH is 3. The Bertz CT molecular complexity index is 171. The summed E-state index contributed by atoms with van der Waals surface area (Å²) < 4.78 is 5.07. The zero-order valence-corrected chi connectivity index (χ0v) is 8.21. The lowest BCUT2D eigenvalue weighted by molar-refractivity contribution is -0.0469. The lowest BCUT2D eigenvalue weighted by Crippen LogP contribution is -2.35. The topological polar surface area (TPSA) is 69.9 Å². The Kier molecular flexibility index (Phi) is 3.29. The molecule has 0 aromatic carbocycles. The Morgan fingerprint density at radius 3 is 2.00 bits per heavy atom. The van der Waals surface area contributed by atoms with Gasteiger partial charge in [0.15, 0.2) is 0 Å². The van der Waals surface area contributed by atoms with Gasteiger partial charge in [0, 0.05) is 18.9 Å². The van der Waals surface area contributed by atoms with Crippen LogP contribution in [0.3, 0.4) is 0 Å². The number of hydrogen-bond acceptors (Lipinski definition) is 4. The van der Waals surface area contributed by atoms with Crippen molar-refractivity contribution < 1.29 is 20.1 Å². The van der Waals surface area contributed by atoms with Gasteiger partial charge in [0.2, 0.25) is 0 Å². The van der Waals surface area contributed by atoms with Crippen molar-refractivity contribution >= 4 is 0 Å². The van der Waals surface area contributed by atoms with Crippen molar-refractivity contribution in [2.75, 3.05) is 7.11 Å². The molecule has 0 bridgehead atoms. The molecule has 1 rings (SSSR count). The first-order chi connectivity index (χ1) is 6.00. The van der Waals surface area contributed by atoms with E-state index < -0.39 is 24.2 Å². The second-order valence-corrected chi connectivity index (χ2v) is 3.86. The number of ether oxygens (including phenoxy) is 1. The first-order valence-corrected chi connectivity index (χ1v) is 4.57. The fraction of sp³-hybridized carbons (Fsp3) is 1.00. The number of hydrogen-bond donors (Lipinski definition) is 3. The van der Waals surface area contributed by atoms with Gasteiger partial charge >= 0.3 is 0 Å². The van der Waals surface area contributed by atoms with Crippen molar-refractivity contribution in [3.05, 3.63) is 0 Å². The monoisotopic (exact) mass is 190 g/mol. The van der Waals surface area contributed by atoms with Gasteiger partial charge in [0.25, 0.3) is 0 Å². The molecule has 0 aromatic rings. The maximum atomic E-state index is 9.71. The first-order valence-electron chi connectivity index (χ1n) is 4.57. The highest BCUT2D eigenvalue weighted by Crippen LogP contribution is 2.35. The highest BCUT2D eigenvalue weighted by molar-refractivity contribution is 4.98. The van der Waals surface area contributed by atoms with Crippen LogP contribution in [0.1, 0.15) is 13.8 Å². The van der Waals surface area contributed by atoms with Gasteiger partial charge in [0.05, 0.1) is 24.4 Å². The fourth-order valence-electron chi connectivity index (χ4n) is 2.20. The first kappa shape index (κ1) is 10.9. The molecule has 0 heterocycles. The van der Waals surface area contributed by atoms with Crippen molar-refractivity contribution in [1.82, 2.24) is 0 Å². The lowest BCUT2D eigenvalue weighted by atomic mass is 9.96. The average molecular weight is 190 g/mol. The van der Waals surface area contributed by atoms with E-state index in [1.807, 2.05) is 6.92 Å². The van der Waals surface area contributed by atoms with Crippen LogP contribution in [-0.2, 0) is 4.74 Å². The molecule has 4 nitrogen and oxygen atoms in total. The minimum atomic E-state index is -0.782. The third kappa shape index (κ3) is 1.72. The minimum absolute atomic E-state index is 0.139. The van der Waals surface area contributed by atoms with E-state index in [-0.39, 0.29) is 12.0 Å². The molecule has 6 atom stereocenters. The summed E-state index contributed by atoms with van der Waals surface area (Å²) in [5, 5.41) is 28.8. The van der Waals surface area contributed by atoms with E-state index in [1.54, 1.807) is 6.92 Å². The summed E-state index contributed by atoms with van der Waals surface area (Å²) in [4.78, 5) is 0. The molecule has 78 valence electrons. The summed E-state index contributed by atoms with van der Waals surface area (Å²) in [5.74, 6) is -0.639. The zero-order chi connectivity index (χ0) is 10.2. The van der Waals surface area contributed by atoms with E-state index in [4.69, 9.17) is 4.74 Å². The van der Waals surface area contributed by atoms with Crippen molar-refractivity contribution in [3.63, 3.8) is 0 Å². The highest BCUT2D eigenvalue weighted by atomic mass is 16.5. The molecule has 1 saturated carbocycles. The molecule has 1 aliphatic rings. The van der Waals surface area contributed by atoms with E-state index >= 15 is 0 Å². The molecule has 0 radical (unpaired) electrons. The predicted octanol–water partition coefficient (Wildman–Crippen LogP) is -0.630. The largest absolute Gasteiger partial charge is 0.393 e. The molecule has 0 aliphatic heterocycles. The van der Waals surface area contributed by atoms with Gasteiger partial charge in [-0.05, 0) is 6.92 Å². The van der Waals surface area contributed by atoms with E-state index in [0.29, 0.717) is 0 Å². The molecule has 0 saturated heterocycles. The molecule has 1 fully saturated rings. The second-order valence-electron chi connectivity index (χ2n) is 3.86. The Balaban J connectivity index is 2.78. The SMILES string of the molecule is COC1C(C)C(O)C(C(C)O)C1O. The predicted molar refractivity (Wildman–Crippen MR) is 47.1 cm³/mol. The molecule has 4 heteroatoms. The maximum Gasteiger partial charge on any atom is 0.0885 e. The van der Waals surface area contributed by atoms with Crippen LogP contribution in [0.5, 0.6) is 0 Å². The number of methoxy groups -OCH3 is 1. The van der Waals surface area contributed by atoms with Crippen LogP contribution in [-0.4, -0.2) is 46.8 Å². The van der Waals surface area contributed by atoms with Crippen LogP contribution < -0.4 is 0 Å². The van der Waals surface area contributed by atoms with E-state index in [2.05, 4.69) is 0 Å². The Labute approximate surface area is 78.1 Å². The molecular weight excluding hydrogens is 172 g/mol. The molecule has 1 aliphatic carbocycles. The van der Waals surface area contributed by atoms with Crippen LogP contribution in [0.15, 0.2) is 0 Å². The van der Waals surface area contributed by atoms with Gasteiger partial charge in [-0.15, -0.1) is 0 Å². The Morgan fingerprint density at radius 1 is 1.23 bits per heavy atom. The van der Waals surface area contributed by atoms with E-state index in [9.17, 15) is 15.3 Å². The van der Waals surface area contributed by atoms with Crippen molar-refractivity contribution in [3.8, 4) is 0 Å². The summed E-state index contributed by atoms with van der Waals surface area (Å²) >= 11 is 0. The zero-order valence-electron chi connectivity index (χ0n) is 8.21. The highest BCUT2D eigenvalue weighted by Gasteiger charge is 2.49. The average Bonchev–Trinajstić information content (AvgIpc) is 2.24. The summed E-state index contributed by atoms with van der Waals surface area (Å²) in [5.41, 5.74) is 0. The third-order valence-electron chi connectivity index (χ3n) is 3.01. The van der Waals surface area contributed by atoms with Crippen molar-refractivity contribution in [1.29, 1.82) is 0 Å². The van der Waals surface area contributed by atoms with E-state index in [0.717, 1.165) is 0 Å². The second kappa shape index (κ2) is 3.92. The quantitative estimate of drug-likeness (QED) is 0.542. The summed E-state index contributed by atoms with van der Waals surface area (Å²) in [6.07, 6.45) is -2.57. The number of aliphatic hydroxyl groups is 3. The number of rotatable bonds is 2. The maximum absolute atomic E-state index is 9.71. The standard InChI is InChI=1S/C9H18O4/c1-4-7(11)6(5(2)10)8(12)9(4)13-3/h4-12H,1-3H3. The molecule has 13 heavy (non-hydrogen) atoms. The Hall–Kier alpha value is -0.160. The minimum Gasteiger partial charge on any atom is -0.393 e. The van der Waals surface area contributed by atoms with Crippen molar-refractivity contribution in [2.24, 2.45) is 11.8 Å². The van der Waals surface area contributed by atoms with Gasteiger partial charge in [-0.3, -0.25) is 0 Å². The smallest absolute Gasteiger partial charge is 0.0885 e. The van der Waals surface area contributed by atoms with Gasteiger partial charge in [-0.2, -0.15) is 0 Å². The van der Waals surface area contributed by atoms with Gasteiger partial charge in [-0.1, -0.05) is 6.92 Å². The molecule has 6 unspecified atom stereocenters. The molecule has 0 spiro atoms. The normalized spacial score (nSPS) is 48.0. The lowest BCUT2D eigenvalue weighted by Gasteiger charge is -2.21. The van der Waals surface area contributed by atoms with Crippen LogP contribution in [0, 0.1) is 11.8 Å². The van der Waals surface area contributed by atoms with Crippen molar-refractivity contribution in [2.45, 2.75) is 38.3 Å². The molecule has 0 aromatic heterocycles. The summed E-state index contributed by atoms with van der Waals surface area (Å²) in [6.45, 7) is 3.38. The van der Waals surface area contributed by atoms with Gasteiger partial charge in [0.1, 0.15) is 0 Å². The van der Waals surface area contributed by atoms with Crippen LogP contribution >= 0.6 is 0 Å². The fourth-order valence-corrected chi connectivity index (χ4v) is 2.20. The molecular formula is C9H18O4. The Morgan fingerprint density at radius 2 is 1.77 bits per heavy atom. The summed E-state index contributed by atoms with van der Waals surface area (Å²) in [6, 6.07) is 0. The summed E-state index contributed by atoms with van der Waals surface area (Å²) in [7, 11) is 1.50. The molecule has 0 amide bonds. The third-order valence-corrected chi connectivity index (χ3v) is 3.01. The van der Waals surface area contributed by atoms with Crippen LogP contribution in [0.25, 0.3) is 0 Å². The van der Waals surface area contributed by atoms with Gasteiger partial charge in [-0.25, -0.2) is 0 Å². The van der Waals surface area contributed by atoms with Crippen LogP contribution in [0.2, 0.25) is 0 Å². The van der Waals surface area contributed by atoms with Crippen LogP contribution in [0.4, 0.5) is 0 Å². The van der Waals surface area contributed by atoms with E-state index in [1.165, 1.54) is 7.11 Å². The molecule has 3 N–H and O–H groups in total. The van der Waals surface area contributed by atoms with Gasteiger partial charge < -0.3 is 20.1 Å².